The molecular formula is C21H24N6OS. The number of nitrogens with two attached hydrogens (primary N) is 2. The number of nitrogens with zero attached hydrogens (tertiary/aromatic N) is 4. The Morgan fingerprint density at radius 2 is 1.90 bits per heavy atom. The van der Waals surface area contributed by atoms with Crippen molar-refractivity contribution < 1.29 is 4.79 Å². The average Bonchev–Trinajstić information content (AvgIpc) is 2.74. The molecule has 29 heavy (non-hydrogen) atoms. The molecule has 1 aromatic carbocycles. The Balaban J connectivity index is 2.62. The number of anilines is 1. The van der Waals surface area contributed by atoms with E-state index in [0.717, 1.165) is 23.7 Å². The normalized spacial score (nSPS) is 11.3. The standard InChI is InChI=1S/C21H24N6OS/c1-3-15-16(12-23)20(27(2)11-7-10-22)26-21(17(15)13-24)29-18(19(25)28)14-8-5-4-6-9-14/h4-6,8-9,18H,3,7,10-11,22H2,1-2H3,(H2,25,28). The molecule has 0 aliphatic carbocycles. The zero-order valence-corrected chi connectivity index (χ0v) is 17.4. The molecule has 0 saturated carbocycles. The first kappa shape index (κ1) is 22.2. The Morgan fingerprint density at radius 3 is 2.41 bits per heavy atom. The van der Waals surface area contributed by atoms with E-state index in [1.165, 1.54) is 0 Å². The summed E-state index contributed by atoms with van der Waals surface area (Å²) in [5.41, 5.74) is 13.3. The highest BCUT2D eigenvalue weighted by Crippen LogP contribution is 2.39. The van der Waals surface area contributed by atoms with E-state index in [4.69, 9.17) is 11.5 Å². The number of thioether (sulfide) groups is 1. The molecule has 1 amide bonds. The number of carbonyl (C=O) groups excluding carboxylic acids is 1. The third kappa shape index (κ3) is 5.05. The van der Waals surface area contributed by atoms with Crippen LogP contribution in [0.4, 0.5) is 5.82 Å². The summed E-state index contributed by atoms with van der Waals surface area (Å²) in [4.78, 5) is 18.6. The van der Waals surface area contributed by atoms with Gasteiger partial charge < -0.3 is 16.4 Å². The van der Waals surface area contributed by atoms with E-state index in [9.17, 15) is 15.3 Å². The van der Waals surface area contributed by atoms with E-state index in [2.05, 4.69) is 17.1 Å². The molecule has 7 nitrogen and oxygen atoms in total. The number of hydrogen-bond donors (Lipinski definition) is 2. The molecule has 2 rings (SSSR count). The Labute approximate surface area is 175 Å². The molecule has 0 radical (unpaired) electrons. The molecule has 150 valence electrons. The van der Waals surface area contributed by atoms with Gasteiger partial charge in [0.15, 0.2) is 0 Å². The SMILES string of the molecule is CCc1c(C#N)c(SC(C(N)=O)c2ccccc2)nc(N(C)CCCN)c1C#N. The molecule has 1 unspecified atom stereocenters. The molecule has 4 N–H and O–H groups in total. The second-order valence-corrected chi connectivity index (χ2v) is 7.51. The molecule has 0 aliphatic heterocycles. The van der Waals surface area contributed by atoms with Crippen LogP contribution in [0.3, 0.4) is 0 Å². The van der Waals surface area contributed by atoms with Crippen molar-refractivity contribution in [2.75, 3.05) is 25.0 Å². The van der Waals surface area contributed by atoms with Gasteiger partial charge in [-0.15, -0.1) is 0 Å². The van der Waals surface area contributed by atoms with Crippen LogP contribution in [0, 0.1) is 22.7 Å². The van der Waals surface area contributed by atoms with E-state index < -0.39 is 11.2 Å². The fraction of sp³-hybridized carbons (Fsp3) is 0.333. The lowest BCUT2D eigenvalue weighted by Gasteiger charge is -2.23. The first-order valence-corrected chi connectivity index (χ1v) is 10.2. The minimum Gasteiger partial charge on any atom is -0.368 e. The number of nitriles is 2. The predicted molar refractivity (Wildman–Crippen MR) is 114 cm³/mol. The van der Waals surface area contributed by atoms with Gasteiger partial charge in [0.25, 0.3) is 0 Å². The molecule has 8 heteroatoms. The van der Waals surface area contributed by atoms with Gasteiger partial charge in [-0.25, -0.2) is 4.98 Å². The highest BCUT2D eigenvalue weighted by molar-refractivity contribution is 8.00. The second-order valence-electron chi connectivity index (χ2n) is 6.42. The van der Waals surface area contributed by atoms with Crippen LogP contribution in [0.2, 0.25) is 0 Å². The van der Waals surface area contributed by atoms with E-state index in [1.807, 2.05) is 49.2 Å². The molecule has 1 heterocycles. The third-order valence-corrected chi connectivity index (χ3v) is 5.73. The van der Waals surface area contributed by atoms with E-state index in [0.29, 0.717) is 47.0 Å². The molecular weight excluding hydrogens is 384 g/mol. The van der Waals surface area contributed by atoms with Crippen molar-refractivity contribution in [3.8, 4) is 12.1 Å². The van der Waals surface area contributed by atoms with Crippen LogP contribution in [0.5, 0.6) is 0 Å². The lowest BCUT2D eigenvalue weighted by molar-refractivity contribution is -0.117. The highest BCUT2D eigenvalue weighted by atomic mass is 32.2. The molecule has 0 fully saturated rings. The van der Waals surface area contributed by atoms with Gasteiger partial charge in [0.05, 0.1) is 11.1 Å². The van der Waals surface area contributed by atoms with Crippen molar-refractivity contribution >= 4 is 23.5 Å². The van der Waals surface area contributed by atoms with Crippen LogP contribution in [0.15, 0.2) is 35.4 Å². The van der Waals surface area contributed by atoms with Gasteiger partial charge >= 0.3 is 0 Å². The number of benzene rings is 1. The Morgan fingerprint density at radius 1 is 1.24 bits per heavy atom. The molecule has 1 aromatic heterocycles. The minimum absolute atomic E-state index is 0.312. The summed E-state index contributed by atoms with van der Waals surface area (Å²) < 4.78 is 0. The summed E-state index contributed by atoms with van der Waals surface area (Å²) in [5.74, 6) is -0.0390. The van der Waals surface area contributed by atoms with Gasteiger partial charge in [0.1, 0.15) is 28.2 Å². The van der Waals surface area contributed by atoms with Gasteiger partial charge in [0.2, 0.25) is 5.91 Å². The average molecular weight is 409 g/mol. The molecule has 0 bridgehead atoms. The maximum absolute atomic E-state index is 12.2. The lowest BCUT2D eigenvalue weighted by Crippen LogP contribution is -2.24. The van der Waals surface area contributed by atoms with Crippen molar-refractivity contribution in [2.45, 2.75) is 30.0 Å². The second kappa shape index (κ2) is 10.5. The van der Waals surface area contributed by atoms with Crippen LogP contribution in [0.25, 0.3) is 0 Å². The maximum Gasteiger partial charge on any atom is 0.235 e. The first-order chi connectivity index (χ1) is 14.0. The molecule has 0 spiro atoms. The lowest BCUT2D eigenvalue weighted by atomic mass is 10.0. The van der Waals surface area contributed by atoms with Crippen molar-refractivity contribution in [3.63, 3.8) is 0 Å². The first-order valence-electron chi connectivity index (χ1n) is 9.27. The number of aromatic nitrogens is 1. The van der Waals surface area contributed by atoms with Gasteiger partial charge in [-0.1, -0.05) is 49.0 Å². The summed E-state index contributed by atoms with van der Waals surface area (Å²) in [6, 6.07) is 13.5. The van der Waals surface area contributed by atoms with Gasteiger partial charge in [-0.05, 0) is 30.5 Å². The maximum atomic E-state index is 12.2. The van der Waals surface area contributed by atoms with Crippen molar-refractivity contribution in [2.24, 2.45) is 11.5 Å². The number of carbonyl (C=O) groups is 1. The Hall–Kier alpha value is -3.07. The minimum atomic E-state index is -0.698. The predicted octanol–water partition coefficient (Wildman–Crippen LogP) is 2.49. The largest absolute Gasteiger partial charge is 0.368 e. The Kier molecular flexibility index (Phi) is 8.02. The topological polar surface area (TPSA) is 133 Å². The summed E-state index contributed by atoms with van der Waals surface area (Å²) in [6.07, 6.45) is 1.23. The van der Waals surface area contributed by atoms with Crippen LogP contribution < -0.4 is 16.4 Å². The van der Waals surface area contributed by atoms with Gasteiger partial charge in [0, 0.05) is 13.6 Å². The van der Waals surface area contributed by atoms with E-state index in [1.54, 1.807) is 0 Å². The summed E-state index contributed by atoms with van der Waals surface area (Å²) in [7, 11) is 1.83. The third-order valence-electron chi connectivity index (χ3n) is 4.48. The zero-order valence-electron chi connectivity index (χ0n) is 16.6. The van der Waals surface area contributed by atoms with Crippen LogP contribution >= 0.6 is 11.8 Å². The number of pyridine rings is 1. The summed E-state index contributed by atoms with van der Waals surface area (Å²) in [5, 5.41) is 19.2. The van der Waals surface area contributed by atoms with Gasteiger partial charge in [-0.3, -0.25) is 4.79 Å². The Bertz CT molecular complexity index is 948. The van der Waals surface area contributed by atoms with Gasteiger partial charge in [-0.2, -0.15) is 10.5 Å². The molecule has 0 aliphatic rings. The number of amides is 1. The van der Waals surface area contributed by atoms with Crippen molar-refractivity contribution in [1.82, 2.24) is 4.98 Å². The number of rotatable bonds is 9. The number of primary amides is 1. The van der Waals surface area contributed by atoms with E-state index in [-0.39, 0.29) is 0 Å². The summed E-state index contributed by atoms with van der Waals surface area (Å²) >= 11 is 1.14. The smallest absolute Gasteiger partial charge is 0.235 e. The summed E-state index contributed by atoms with van der Waals surface area (Å²) in [6.45, 7) is 3.02. The van der Waals surface area contributed by atoms with Crippen molar-refractivity contribution in [1.29, 1.82) is 10.5 Å². The van der Waals surface area contributed by atoms with Crippen LogP contribution in [-0.4, -0.2) is 31.0 Å². The molecule has 0 saturated heterocycles. The fourth-order valence-electron chi connectivity index (χ4n) is 3.01. The highest BCUT2D eigenvalue weighted by Gasteiger charge is 2.26. The van der Waals surface area contributed by atoms with Crippen molar-refractivity contribution in [3.05, 3.63) is 52.6 Å². The van der Waals surface area contributed by atoms with E-state index >= 15 is 0 Å². The quantitative estimate of drug-likeness (QED) is 0.609. The number of hydrogen-bond acceptors (Lipinski definition) is 7. The molecule has 1 atom stereocenters. The van der Waals surface area contributed by atoms with Crippen LogP contribution in [0.1, 0.15) is 40.8 Å². The van der Waals surface area contributed by atoms with Crippen LogP contribution in [-0.2, 0) is 11.2 Å². The monoisotopic (exact) mass is 408 g/mol. The fourth-order valence-corrected chi connectivity index (χ4v) is 4.07. The zero-order chi connectivity index (χ0) is 21.4. The molecule has 2 aromatic rings.